The maximum atomic E-state index is 13.2. The molecule has 2 aliphatic heterocycles. The number of anilines is 1. The van der Waals surface area contributed by atoms with Gasteiger partial charge in [0, 0.05) is 37.7 Å². The van der Waals surface area contributed by atoms with Crippen LogP contribution >= 0.6 is 0 Å². The summed E-state index contributed by atoms with van der Waals surface area (Å²) in [6.45, 7) is 1.94. The van der Waals surface area contributed by atoms with E-state index in [0.29, 0.717) is 30.8 Å². The summed E-state index contributed by atoms with van der Waals surface area (Å²) in [5.41, 5.74) is 5.54. The molecule has 0 bridgehead atoms. The standard InChI is InChI=1S/C25H23N3O2/c29-24(27-13-11-18-6-1-2-8-20(18)17-27)21-14-22(16-26-15-21)25(30)28-12-5-9-19-7-3-4-10-23(19)28/h1-4,6-8,10,14-16H,5,9,11-13,17H2. The number of carbonyl (C=O) groups excluding carboxylic acids is 2. The maximum absolute atomic E-state index is 13.2. The highest BCUT2D eigenvalue weighted by Gasteiger charge is 2.26. The van der Waals surface area contributed by atoms with E-state index in [-0.39, 0.29) is 11.8 Å². The monoisotopic (exact) mass is 397 g/mol. The minimum absolute atomic E-state index is 0.0781. The van der Waals surface area contributed by atoms with Gasteiger partial charge in [0.15, 0.2) is 0 Å². The van der Waals surface area contributed by atoms with Gasteiger partial charge in [0.1, 0.15) is 0 Å². The molecule has 1 aromatic heterocycles. The molecule has 5 nitrogen and oxygen atoms in total. The molecular weight excluding hydrogens is 374 g/mol. The molecule has 0 saturated heterocycles. The van der Waals surface area contributed by atoms with Gasteiger partial charge < -0.3 is 9.80 Å². The maximum Gasteiger partial charge on any atom is 0.259 e. The molecule has 0 saturated carbocycles. The number of para-hydroxylation sites is 1. The lowest BCUT2D eigenvalue weighted by Gasteiger charge is -2.30. The fourth-order valence-electron chi connectivity index (χ4n) is 4.43. The van der Waals surface area contributed by atoms with Crippen LogP contribution in [0.3, 0.4) is 0 Å². The molecule has 150 valence electrons. The van der Waals surface area contributed by atoms with E-state index in [1.165, 1.54) is 16.7 Å². The van der Waals surface area contributed by atoms with Crippen LogP contribution in [0.5, 0.6) is 0 Å². The van der Waals surface area contributed by atoms with Crippen molar-refractivity contribution in [3.05, 3.63) is 94.8 Å². The summed E-state index contributed by atoms with van der Waals surface area (Å²) in [7, 11) is 0. The quantitative estimate of drug-likeness (QED) is 0.660. The first kappa shape index (κ1) is 18.6. The molecule has 2 aliphatic rings. The molecule has 3 aromatic rings. The first-order chi connectivity index (χ1) is 14.7. The van der Waals surface area contributed by atoms with Crippen LogP contribution in [0.15, 0.2) is 67.0 Å². The van der Waals surface area contributed by atoms with E-state index in [1.807, 2.05) is 35.2 Å². The summed E-state index contributed by atoms with van der Waals surface area (Å²) < 4.78 is 0. The number of hydrogen-bond acceptors (Lipinski definition) is 3. The second-order valence-electron chi connectivity index (χ2n) is 7.90. The highest BCUT2D eigenvalue weighted by atomic mass is 16.2. The summed E-state index contributed by atoms with van der Waals surface area (Å²) in [4.78, 5) is 34.2. The SMILES string of the molecule is O=C(c1cncc(C(=O)N2CCCc3ccccc32)c1)N1CCc2ccccc2C1. The minimum Gasteiger partial charge on any atom is -0.334 e. The van der Waals surface area contributed by atoms with Crippen LogP contribution in [-0.2, 0) is 19.4 Å². The number of carbonyl (C=O) groups is 2. The van der Waals surface area contributed by atoms with Crippen LogP contribution in [0.4, 0.5) is 5.69 Å². The molecule has 5 heteroatoms. The zero-order valence-electron chi connectivity index (χ0n) is 16.8. The Morgan fingerprint density at radius 3 is 2.30 bits per heavy atom. The molecule has 0 N–H and O–H groups in total. The summed E-state index contributed by atoms with van der Waals surface area (Å²) in [6, 6.07) is 17.9. The third-order valence-electron chi connectivity index (χ3n) is 6.01. The Labute approximate surface area is 176 Å². The molecule has 5 rings (SSSR count). The Morgan fingerprint density at radius 1 is 0.767 bits per heavy atom. The van der Waals surface area contributed by atoms with Crippen molar-refractivity contribution in [1.82, 2.24) is 9.88 Å². The van der Waals surface area contributed by atoms with Gasteiger partial charge >= 0.3 is 0 Å². The van der Waals surface area contributed by atoms with E-state index in [9.17, 15) is 9.59 Å². The van der Waals surface area contributed by atoms with Gasteiger partial charge in [-0.25, -0.2) is 0 Å². The number of pyridine rings is 1. The van der Waals surface area contributed by atoms with E-state index in [0.717, 1.165) is 24.9 Å². The van der Waals surface area contributed by atoms with Crippen molar-refractivity contribution in [3.63, 3.8) is 0 Å². The van der Waals surface area contributed by atoms with Crippen molar-refractivity contribution >= 4 is 17.5 Å². The third-order valence-corrected chi connectivity index (χ3v) is 6.01. The van der Waals surface area contributed by atoms with Gasteiger partial charge in [0.2, 0.25) is 0 Å². The number of fused-ring (bicyclic) bond motifs is 2. The van der Waals surface area contributed by atoms with Crippen molar-refractivity contribution < 1.29 is 9.59 Å². The Morgan fingerprint density at radius 2 is 1.47 bits per heavy atom. The Balaban J connectivity index is 1.39. The largest absolute Gasteiger partial charge is 0.334 e. The molecule has 0 fully saturated rings. The summed E-state index contributed by atoms with van der Waals surface area (Å²) in [5.74, 6) is -0.181. The molecule has 0 spiro atoms. The van der Waals surface area contributed by atoms with Crippen LogP contribution < -0.4 is 4.90 Å². The fourth-order valence-corrected chi connectivity index (χ4v) is 4.43. The highest BCUT2D eigenvalue weighted by molar-refractivity contribution is 6.08. The van der Waals surface area contributed by atoms with Gasteiger partial charge in [-0.3, -0.25) is 14.6 Å². The molecule has 30 heavy (non-hydrogen) atoms. The minimum atomic E-state index is -0.103. The van der Waals surface area contributed by atoms with Crippen LogP contribution in [-0.4, -0.2) is 34.8 Å². The van der Waals surface area contributed by atoms with Gasteiger partial charge in [-0.2, -0.15) is 0 Å². The average molecular weight is 397 g/mol. The van der Waals surface area contributed by atoms with Crippen molar-refractivity contribution in [2.45, 2.75) is 25.8 Å². The number of aromatic nitrogens is 1. The smallest absolute Gasteiger partial charge is 0.259 e. The van der Waals surface area contributed by atoms with Crippen molar-refractivity contribution in [2.24, 2.45) is 0 Å². The lowest BCUT2D eigenvalue weighted by atomic mass is 9.99. The van der Waals surface area contributed by atoms with Crippen LogP contribution in [0.2, 0.25) is 0 Å². The topological polar surface area (TPSA) is 53.5 Å². The Kier molecular flexibility index (Phi) is 4.79. The highest BCUT2D eigenvalue weighted by Crippen LogP contribution is 2.28. The van der Waals surface area contributed by atoms with Crippen LogP contribution in [0, 0.1) is 0 Å². The van der Waals surface area contributed by atoms with E-state index >= 15 is 0 Å². The van der Waals surface area contributed by atoms with E-state index < -0.39 is 0 Å². The van der Waals surface area contributed by atoms with Gasteiger partial charge in [-0.15, -0.1) is 0 Å². The molecule has 0 unspecified atom stereocenters. The first-order valence-corrected chi connectivity index (χ1v) is 10.4. The zero-order valence-corrected chi connectivity index (χ0v) is 16.8. The first-order valence-electron chi connectivity index (χ1n) is 10.4. The number of hydrogen-bond donors (Lipinski definition) is 0. The summed E-state index contributed by atoms with van der Waals surface area (Å²) in [5, 5.41) is 0. The Bertz CT molecular complexity index is 1120. The zero-order chi connectivity index (χ0) is 20.5. The number of aryl methyl sites for hydroxylation is 1. The lowest BCUT2D eigenvalue weighted by Crippen LogP contribution is -2.37. The Hall–Kier alpha value is -3.47. The van der Waals surface area contributed by atoms with Crippen LogP contribution in [0.25, 0.3) is 0 Å². The second-order valence-corrected chi connectivity index (χ2v) is 7.90. The van der Waals surface area contributed by atoms with E-state index in [4.69, 9.17) is 0 Å². The van der Waals surface area contributed by atoms with Gasteiger partial charge in [0.25, 0.3) is 11.8 Å². The van der Waals surface area contributed by atoms with Gasteiger partial charge in [-0.1, -0.05) is 42.5 Å². The molecule has 2 amide bonds. The molecule has 3 heterocycles. The van der Waals surface area contributed by atoms with Gasteiger partial charge in [0.05, 0.1) is 11.1 Å². The fraction of sp³-hybridized carbons (Fsp3) is 0.240. The van der Waals surface area contributed by atoms with Crippen molar-refractivity contribution in [2.75, 3.05) is 18.0 Å². The predicted molar refractivity (Wildman–Crippen MR) is 116 cm³/mol. The lowest BCUT2D eigenvalue weighted by molar-refractivity contribution is 0.0734. The molecule has 0 atom stereocenters. The number of nitrogens with zero attached hydrogens (tertiary/aromatic N) is 3. The van der Waals surface area contributed by atoms with E-state index in [1.54, 1.807) is 23.4 Å². The van der Waals surface area contributed by atoms with Crippen molar-refractivity contribution in [3.8, 4) is 0 Å². The molecule has 2 aromatic carbocycles. The molecule has 0 radical (unpaired) electrons. The number of rotatable bonds is 2. The van der Waals surface area contributed by atoms with Crippen LogP contribution in [0.1, 0.15) is 43.8 Å². The average Bonchev–Trinajstić information content (AvgIpc) is 2.82. The third kappa shape index (κ3) is 3.36. The second kappa shape index (κ2) is 7.75. The van der Waals surface area contributed by atoms with E-state index in [2.05, 4.69) is 23.2 Å². The summed E-state index contributed by atoms with van der Waals surface area (Å²) in [6.07, 6.45) is 5.87. The number of amides is 2. The summed E-state index contributed by atoms with van der Waals surface area (Å²) >= 11 is 0. The van der Waals surface area contributed by atoms with Gasteiger partial charge in [-0.05, 0) is 48.1 Å². The molecular formula is C25H23N3O2. The molecule has 0 aliphatic carbocycles. The number of benzene rings is 2. The predicted octanol–water partition coefficient (Wildman–Crippen LogP) is 3.87. The van der Waals surface area contributed by atoms with Crippen molar-refractivity contribution in [1.29, 1.82) is 0 Å². The normalized spacial score (nSPS) is 15.3.